The summed E-state index contributed by atoms with van der Waals surface area (Å²) in [5.41, 5.74) is 1.41. The maximum absolute atomic E-state index is 9.03. The second kappa shape index (κ2) is 4.90. The third kappa shape index (κ3) is 2.41. The molecule has 0 aliphatic rings. The Balaban J connectivity index is 2.44. The van der Waals surface area contributed by atoms with Crippen molar-refractivity contribution in [2.45, 2.75) is 6.92 Å². The van der Waals surface area contributed by atoms with Crippen LogP contribution in [0.2, 0.25) is 5.02 Å². The van der Waals surface area contributed by atoms with Crippen LogP contribution in [0.1, 0.15) is 11.1 Å². The first-order chi connectivity index (χ1) is 8.22. The van der Waals surface area contributed by atoms with E-state index in [9.17, 15) is 0 Å². The minimum Gasteiger partial charge on any atom is -0.454 e. The normalized spacial score (nSPS) is 9.71. The topological polar surface area (TPSA) is 33.0 Å². The number of halogens is 1. The van der Waals surface area contributed by atoms with Crippen molar-refractivity contribution in [3.05, 3.63) is 58.6 Å². The molecule has 0 N–H and O–H groups in total. The second-order valence-electron chi connectivity index (χ2n) is 3.60. The molecule has 0 aromatic heterocycles. The highest BCUT2D eigenvalue weighted by Crippen LogP contribution is 2.32. The molecule has 0 bridgehead atoms. The molecule has 0 amide bonds. The Labute approximate surface area is 105 Å². The Morgan fingerprint density at radius 2 is 1.88 bits per heavy atom. The van der Waals surface area contributed by atoms with E-state index in [4.69, 9.17) is 21.6 Å². The Morgan fingerprint density at radius 1 is 1.12 bits per heavy atom. The van der Waals surface area contributed by atoms with Crippen molar-refractivity contribution >= 4 is 11.6 Å². The zero-order chi connectivity index (χ0) is 12.3. The fraction of sp³-hybridized carbons (Fsp3) is 0.0714. The molecular formula is C14H10ClNO. The van der Waals surface area contributed by atoms with Crippen LogP contribution >= 0.6 is 11.6 Å². The van der Waals surface area contributed by atoms with Gasteiger partial charge in [-0.3, -0.25) is 0 Å². The molecule has 0 fully saturated rings. The molecule has 0 unspecified atom stereocenters. The van der Waals surface area contributed by atoms with Gasteiger partial charge < -0.3 is 4.74 Å². The van der Waals surface area contributed by atoms with Crippen LogP contribution < -0.4 is 4.74 Å². The molecule has 2 aromatic rings. The van der Waals surface area contributed by atoms with Gasteiger partial charge in [0.2, 0.25) is 0 Å². The molecule has 2 rings (SSSR count). The van der Waals surface area contributed by atoms with E-state index in [0.717, 1.165) is 5.56 Å². The average molecular weight is 244 g/mol. The van der Waals surface area contributed by atoms with Gasteiger partial charge in [-0.1, -0.05) is 35.9 Å². The third-order valence-corrected chi connectivity index (χ3v) is 2.69. The Bertz CT molecular complexity index is 587. The lowest BCUT2D eigenvalue weighted by atomic mass is 10.1. The lowest BCUT2D eigenvalue weighted by molar-refractivity contribution is 0.477. The molecule has 0 spiro atoms. The fourth-order valence-corrected chi connectivity index (χ4v) is 1.69. The molecule has 0 aliphatic carbocycles. The first kappa shape index (κ1) is 11.5. The van der Waals surface area contributed by atoms with Gasteiger partial charge >= 0.3 is 0 Å². The van der Waals surface area contributed by atoms with Gasteiger partial charge in [0.15, 0.2) is 0 Å². The predicted molar refractivity (Wildman–Crippen MR) is 67.4 cm³/mol. The second-order valence-corrected chi connectivity index (χ2v) is 4.00. The van der Waals surface area contributed by atoms with Crippen molar-refractivity contribution < 1.29 is 4.74 Å². The van der Waals surface area contributed by atoms with Crippen molar-refractivity contribution in [3.8, 4) is 17.6 Å². The number of rotatable bonds is 2. The van der Waals surface area contributed by atoms with Gasteiger partial charge in [-0.05, 0) is 30.7 Å². The molecular weight excluding hydrogens is 234 g/mol. The van der Waals surface area contributed by atoms with E-state index in [0.29, 0.717) is 22.1 Å². The number of aryl methyl sites for hydroxylation is 1. The van der Waals surface area contributed by atoms with Gasteiger partial charge in [-0.15, -0.1) is 0 Å². The largest absolute Gasteiger partial charge is 0.454 e. The van der Waals surface area contributed by atoms with E-state index in [1.165, 1.54) is 0 Å². The number of benzene rings is 2. The first-order valence-electron chi connectivity index (χ1n) is 5.14. The predicted octanol–water partition coefficient (Wildman–Crippen LogP) is 4.31. The van der Waals surface area contributed by atoms with Gasteiger partial charge in [0.05, 0.1) is 10.6 Å². The first-order valence-corrected chi connectivity index (χ1v) is 5.52. The molecule has 3 heteroatoms. The molecule has 84 valence electrons. The summed E-state index contributed by atoms with van der Waals surface area (Å²) < 4.78 is 5.71. The summed E-state index contributed by atoms with van der Waals surface area (Å²) in [7, 11) is 0. The van der Waals surface area contributed by atoms with Gasteiger partial charge in [0.1, 0.15) is 17.6 Å². The van der Waals surface area contributed by atoms with Crippen molar-refractivity contribution in [2.75, 3.05) is 0 Å². The van der Waals surface area contributed by atoms with E-state index in [2.05, 4.69) is 6.07 Å². The SMILES string of the molecule is Cc1cccc(C#N)c1Oc1ccccc1Cl. The summed E-state index contributed by atoms with van der Waals surface area (Å²) in [5, 5.41) is 9.55. The van der Waals surface area contributed by atoms with Crippen LogP contribution in [0.15, 0.2) is 42.5 Å². The molecule has 2 nitrogen and oxygen atoms in total. The summed E-state index contributed by atoms with van der Waals surface area (Å²) in [4.78, 5) is 0. The molecule has 0 aliphatic heterocycles. The summed E-state index contributed by atoms with van der Waals surface area (Å²) >= 11 is 6.01. The molecule has 0 radical (unpaired) electrons. The van der Waals surface area contributed by atoms with Crippen molar-refractivity contribution in [1.29, 1.82) is 5.26 Å². The minimum atomic E-state index is 0.505. The highest BCUT2D eigenvalue weighted by molar-refractivity contribution is 6.32. The molecule has 0 saturated carbocycles. The van der Waals surface area contributed by atoms with Gasteiger partial charge in [-0.2, -0.15) is 5.26 Å². The van der Waals surface area contributed by atoms with Crippen LogP contribution in [0, 0.1) is 18.3 Å². The number of para-hydroxylation sites is 2. The fourth-order valence-electron chi connectivity index (χ4n) is 1.51. The third-order valence-electron chi connectivity index (χ3n) is 2.38. The van der Waals surface area contributed by atoms with Crippen LogP contribution in [0.5, 0.6) is 11.5 Å². The van der Waals surface area contributed by atoms with Crippen LogP contribution in [-0.2, 0) is 0 Å². The number of hydrogen-bond donors (Lipinski definition) is 0. The van der Waals surface area contributed by atoms with Gasteiger partial charge in [0.25, 0.3) is 0 Å². The van der Waals surface area contributed by atoms with E-state index in [1.54, 1.807) is 18.2 Å². The lowest BCUT2D eigenvalue weighted by Gasteiger charge is -2.11. The smallest absolute Gasteiger partial charge is 0.148 e. The molecule has 17 heavy (non-hydrogen) atoms. The maximum atomic E-state index is 9.03. The highest BCUT2D eigenvalue weighted by Gasteiger charge is 2.09. The van der Waals surface area contributed by atoms with Crippen molar-refractivity contribution in [1.82, 2.24) is 0 Å². The summed E-state index contributed by atoms with van der Waals surface area (Å²) in [5.74, 6) is 1.11. The summed E-state index contributed by atoms with van der Waals surface area (Å²) in [6.07, 6.45) is 0. The average Bonchev–Trinajstić information content (AvgIpc) is 2.34. The standard InChI is InChI=1S/C14H10ClNO/c1-10-5-4-6-11(9-16)14(10)17-13-8-3-2-7-12(13)15/h2-8H,1H3. The van der Waals surface area contributed by atoms with E-state index < -0.39 is 0 Å². The van der Waals surface area contributed by atoms with Crippen LogP contribution in [0.25, 0.3) is 0 Å². The molecule has 2 aromatic carbocycles. The minimum absolute atomic E-state index is 0.505. The highest BCUT2D eigenvalue weighted by atomic mass is 35.5. The number of ether oxygens (including phenoxy) is 1. The van der Waals surface area contributed by atoms with Crippen molar-refractivity contribution in [2.24, 2.45) is 0 Å². The monoisotopic (exact) mass is 243 g/mol. The van der Waals surface area contributed by atoms with Crippen LogP contribution in [0.4, 0.5) is 0 Å². The van der Waals surface area contributed by atoms with E-state index in [1.807, 2.05) is 31.2 Å². The molecule has 0 saturated heterocycles. The number of hydrogen-bond acceptors (Lipinski definition) is 2. The summed E-state index contributed by atoms with van der Waals surface area (Å²) in [6, 6.07) is 14.7. The molecule has 0 heterocycles. The van der Waals surface area contributed by atoms with Crippen molar-refractivity contribution in [3.63, 3.8) is 0 Å². The quantitative estimate of drug-likeness (QED) is 0.787. The number of nitrogens with zero attached hydrogens (tertiary/aromatic N) is 1. The van der Waals surface area contributed by atoms with Crippen LogP contribution in [-0.4, -0.2) is 0 Å². The van der Waals surface area contributed by atoms with Gasteiger partial charge in [-0.25, -0.2) is 0 Å². The zero-order valence-electron chi connectivity index (χ0n) is 9.27. The van der Waals surface area contributed by atoms with Gasteiger partial charge in [0, 0.05) is 0 Å². The Morgan fingerprint density at radius 3 is 2.59 bits per heavy atom. The van der Waals surface area contributed by atoms with E-state index in [-0.39, 0.29) is 0 Å². The Hall–Kier alpha value is -1.98. The zero-order valence-corrected chi connectivity index (χ0v) is 10.0. The Kier molecular flexibility index (Phi) is 3.32. The summed E-state index contributed by atoms with van der Waals surface area (Å²) in [6.45, 7) is 1.90. The lowest BCUT2D eigenvalue weighted by Crippen LogP contribution is -1.91. The number of nitriles is 1. The van der Waals surface area contributed by atoms with Crippen LogP contribution in [0.3, 0.4) is 0 Å². The van der Waals surface area contributed by atoms with E-state index >= 15 is 0 Å². The molecule has 0 atom stereocenters. The maximum Gasteiger partial charge on any atom is 0.148 e.